The smallest absolute Gasteiger partial charge is 0.233 e. The van der Waals surface area contributed by atoms with Crippen LogP contribution in [0.15, 0.2) is 28.0 Å². The lowest BCUT2D eigenvalue weighted by atomic mass is 10.0. The monoisotopic (exact) mass is 374 g/mol. The van der Waals surface area contributed by atoms with E-state index >= 15 is 0 Å². The first-order chi connectivity index (χ1) is 12.8. The summed E-state index contributed by atoms with van der Waals surface area (Å²) in [6.07, 6.45) is 8.56. The summed E-state index contributed by atoms with van der Waals surface area (Å²) >= 11 is 1.51. The molecule has 1 unspecified atom stereocenters. The van der Waals surface area contributed by atoms with Crippen molar-refractivity contribution >= 4 is 17.7 Å². The van der Waals surface area contributed by atoms with E-state index in [0.717, 1.165) is 42.5 Å². The first kappa shape index (κ1) is 17.6. The van der Waals surface area contributed by atoms with Crippen molar-refractivity contribution in [3.63, 3.8) is 0 Å². The number of amides is 1. The lowest BCUT2D eigenvalue weighted by Crippen LogP contribution is -2.44. The Morgan fingerprint density at radius 1 is 1.31 bits per heavy atom. The minimum Gasteiger partial charge on any atom is -0.467 e. The average Bonchev–Trinajstić information content (AvgIpc) is 3.24. The molecule has 2 aromatic heterocycles. The van der Waals surface area contributed by atoms with Gasteiger partial charge in [-0.1, -0.05) is 18.7 Å². The topological polar surface area (TPSA) is 64.2 Å². The molecule has 1 saturated heterocycles. The normalized spacial score (nSPS) is 20.5. The van der Waals surface area contributed by atoms with Gasteiger partial charge in [0.25, 0.3) is 0 Å². The Bertz CT molecular complexity index is 739. The predicted molar refractivity (Wildman–Crippen MR) is 100 cm³/mol. The Hall–Kier alpha value is -1.76. The average molecular weight is 375 g/mol. The van der Waals surface area contributed by atoms with Crippen LogP contribution in [0, 0.1) is 0 Å². The fourth-order valence-electron chi connectivity index (χ4n) is 3.72. The Kier molecular flexibility index (Phi) is 5.33. The number of carbonyl (C=O) groups is 1. The van der Waals surface area contributed by atoms with Gasteiger partial charge in [0.15, 0.2) is 5.16 Å². The molecule has 1 aliphatic heterocycles. The third-order valence-electron chi connectivity index (χ3n) is 5.33. The van der Waals surface area contributed by atoms with Crippen LogP contribution in [0.25, 0.3) is 0 Å². The predicted octanol–water partition coefficient (Wildman–Crippen LogP) is 3.68. The molecule has 3 heterocycles. The van der Waals surface area contributed by atoms with Crippen molar-refractivity contribution in [2.45, 2.75) is 69.1 Å². The SMILES string of the molecule is CCC1CCCCN1C(=O)CSc1nnc(C2CC2)n1Cc1ccco1. The highest BCUT2D eigenvalue weighted by Gasteiger charge is 2.31. The second-order valence-corrected chi connectivity index (χ2v) is 8.16. The van der Waals surface area contributed by atoms with Gasteiger partial charge in [-0.15, -0.1) is 10.2 Å². The molecule has 0 bridgehead atoms. The molecule has 1 atom stereocenters. The Labute approximate surface area is 158 Å². The highest BCUT2D eigenvalue weighted by molar-refractivity contribution is 7.99. The molecular formula is C19H26N4O2S. The van der Waals surface area contributed by atoms with E-state index in [0.29, 0.717) is 24.3 Å². The quantitative estimate of drug-likeness (QED) is 0.692. The molecule has 4 rings (SSSR count). The number of aromatic nitrogens is 3. The van der Waals surface area contributed by atoms with Crippen molar-refractivity contribution in [3.05, 3.63) is 30.0 Å². The van der Waals surface area contributed by atoms with Crippen molar-refractivity contribution in [2.75, 3.05) is 12.3 Å². The standard InChI is InChI=1S/C19H26N4O2S/c1-2-15-6-3-4-10-22(15)17(24)13-26-19-21-20-18(14-8-9-14)23(19)12-16-7-5-11-25-16/h5,7,11,14-15H,2-4,6,8-10,12-13H2,1H3. The fraction of sp³-hybridized carbons (Fsp3) is 0.632. The van der Waals surface area contributed by atoms with Crippen LogP contribution >= 0.6 is 11.8 Å². The summed E-state index contributed by atoms with van der Waals surface area (Å²) in [7, 11) is 0. The Morgan fingerprint density at radius 3 is 2.92 bits per heavy atom. The zero-order valence-corrected chi connectivity index (χ0v) is 16.1. The lowest BCUT2D eigenvalue weighted by Gasteiger charge is -2.35. The first-order valence-corrected chi connectivity index (χ1v) is 10.6. The number of hydrogen-bond acceptors (Lipinski definition) is 5. The van der Waals surface area contributed by atoms with E-state index in [-0.39, 0.29) is 5.91 Å². The third kappa shape index (κ3) is 3.82. The molecule has 0 aromatic carbocycles. The second-order valence-electron chi connectivity index (χ2n) is 7.21. The molecule has 140 valence electrons. The zero-order chi connectivity index (χ0) is 17.9. The van der Waals surface area contributed by atoms with E-state index < -0.39 is 0 Å². The van der Waals surface area contributed by atoms with Crippen molar-refractivity contribution in [3.8, 4) is 0 Å². The molecule has 6 nitrogen and oxygen atoms in total. The molecule has 2 aliphatic rings. The van der Waals surface area contributed by atoms with Gasteiger partial charge >= 0.3 is 0 Å². The van der Waals surface area contributed by atoms with Crippen LogP contribution in [0.1, 0.15) is 63.0 Å². The van der Waals surface area contributed by atoms with Crippen LogP contribution in [0.2, 0.25) is 0 Å². The number of carbonyl (C=O) groups excluding carboxylic acids is 1. The molecular weight excluding hydrogens is 348 g/mol. The number of hydrogen-bond donors (Lipinski definition) is 0. The largest absolute Gasteiger partial charge is 0.467 e. The Morgan fingerprint density at radius 2 is 2.19 bits per heavy atom. The number of furan rings is 1. The van der Waals surface area contributed by atoms with E-state index in [1.54, 1.807) is 6.26 Å². The molecule has 2 aromatic rings. The van der Waals surface area contributed by atoms with Gasteiger partial charge in [-0.2, -0.15) is 0 Å². The summed E-state index contributed by atoms with van der Waals surface area (Å²) in [6, 6.07) is 4.27. The van der Waals surface area contributed by atoms with E-state index in [1.807, 2.05) is 12.1 Å². The van der Waals surface area contributed by atoms with Gasteiger partial charge in [0.05, 0.1) is 18.6 Å². The van der Waals surface area contributed by atoms with Gasteiger partial charge < -0.3 is 9.32 Å². The summed E-state index contributed by atoms with van der Waals surface area (Å²) in [5.41, 5.74) is 0. The van der Waals surface area contributed by atoms with E-state index in [4.69, 9.17) is 4.42 Å². The van der Waals surface area contributed by atoms with Crippen LogP contribution in [-0.2, 0) is 11.3 Å². The van der Waals surface area contributed by atoms with Gasteiger partial charge in [-0.3, -0.25) is 9.36 Å². The Balaban J connectivity index is 1.45. The zero-order valence-electron chi connectivity index (χ0n) is 15.3. The second kappa shape index (κ2) is 7.86. The van der Waals surface area contributed by atoms with Gasteiger partial charge in [-0.05, 0) is 50.7 Å². The van der Waals surface area contributed by atoms with Crippen molar-refractivity contribution in [2.24, 2.45) is 0 Å². The van der Waals surface area contributed by atoms with Crippen LogP contribution in [0.4, 0.5) is 0 Å². The van der Waals surface area contributed by atoms with Crippen LogP contribution in [-0.4, -0.2) is 43.9 Å². The highest BCUT2D eigenvalue weighted by atomic mass is 32.2. The maximum absolute atomic E-state index is 12.8. The van der Waals surface area contributed by atoms with Gasteiger partial charge in [0.1, 0.15) is 11.6 Å². The summed E-state index contributed by atoms with van der Waals surface area (Å²) in [4.78, 5) is 14.8. The van der Waals surface area contributed by atoms with E-state index in [1.165, 1.54) is 31.0 Å². The van der Waals surface area contributed by atoms with E-state index in [9.17, 15) is 4.79 Å². The van der Waals surface area contributed by atoms with E-state index in [2.05, 4.69) is 26.6 Å². The van der Waals surface area contributed by atoms with Crippen LogP contribution in [0.5, 0.6) is 0 Å². The molecule has 0 spiro atoms. The number of thioether (sulfide) groups is 1. The molecule has 2 fully saturated rings. The summed E-state index contributed by atoms with van der Waals surface area (Å²) in [5.74, 6) is 3.08. The summed E-state index contributed by atoms with van der Waals surface area (Å²) in [5, 5.41) is 9.60. The van der Waals surface area contributed by atoms with Crippen molar-refractivity contribution in [1.82, 2.24) is 19.7 Å². The van der Waals surface area contributed by atoms with Crippen molar-refractivity contribution < 1.29 is 9.21 Å². The molecule has 7 heteroatoms. The van der Waals surface area contributed by atoms with Gasteiger partial charge in [0, 0.05) is 18.5 Å². The molecule has 0 radical (unpaired) electrons. The minimum absolute atomic E-state index is 0.224. The summed E-state index contributed by atoms with van der Waals surface area (Å²) in [6.45, 7) is 3.69. The maximum atomic E-state index is 12.8. The third-order valence-corrected chi connectivity index (χ3v) is 6.28. The molecule has 1 saturated carbocycles. The minimum atomic E-state index is 0.224. The molecule has 1 amide bonds. The lowest BCUT2D eigenvalue weighted by molar-refractivity contribution is -0.132. The van der Waals surface area contributed by atoms with Crippen molar-refractivity contribution in [1.29, 1.82) is 0 Å². The summed E-state index contributed by atoms with van der Waals surface area (Å²) < 4.78 is 7.63. The number of piperidine rings is 1. The first-order valence-electron chi connectivity index (χ1n) is 9.64. The number of likely N-dealkylation sites (tertiary alicyclic amines) is 1. The van der Waals surface area contributed by atoms with Crippen LogP contribution < -0.4 is 0 Å². The number of rotatable bonds is 7. The van der Waals surface area contributed by atoms with Crippen LogP contribution in [0.3, 0.4) is 0 Å². The molecule has 26 heavy (non-hydrogen) atoms. The van der Waals surface area contributed by atoms with Gasteiger partial charge in [0.2, 0.25) is 5.91 Å². The van der Waals surface area contributed by atoms with Gasteiger partial charge in [-0.25, -0.2) is 0 Å². The maximum Gasteiger partial charge on any atom is 0.233 e. The fourth-order valence-corrected chi connectivity index (χ4v) is 4.55. The highest BCUT2D eigenvalue weighted by Crippen LogP contribution is 2.40. The molecule has 1 aliphatic carbocycles. The number of nitrogens with zero attached hydrogens (tertiary/aromatic N) is 4. The molecule has 0 N–H and O–H groups in total.